The van der Waals surface area contributed by atoms with Crippen LogP contribution in [0.1, 0.15) is 25.3 Å². The van der Waals surface area contributed by atoms with Gasteiger partial charge in [-0.1, -0.05) is 56.3 Å². The fourth-order valence-corrected chi connectivity index (χ4v) is 4.66. The van der Waals surface area contributed by atoms with E-state index in [1.54, 1.807) is 30.3 Å². The summed E-state index contributed by atoms with van der Waals surface area (Å²) in [6.07, 6.45) is 0. The summed E-state index contributed by atoms with van der Waals surface area (Å²) >= 11 is 0. The van der Waals surface area contributed by atoms with Crippen LogP contribution >= 0.6 is 0 Å². The fourth-order valence-electron chi connectivity index (χ4n) is 3.23. The third-order valence-corrected chi connectivity index (χ3v) is 6.59. The number of anilines is 2. The molecule has 0 saturated carbocycles. The SMILES string of the molecule is CC(C)c1ccccc1NC(=O)CN(c1cccc([N+](=O)[O-])c1)S(=O)(=O)c1ccccc1. The Morgan fingerprint density at radius 3 is 2.31 bits per heavy atom. The predicted molar refractivity (Wildman–Crippen MR) is 123 cm³/mol. The van der Waals surface area contributed by atoms with Crippen LogP contribution in [0.5, 0.6) is 0 Å². The fraction of sp³-hybridized carbons (Fsp3) is 0.174. The van der Waals surface area contributed by atoms with Crippen LogP contribution in [0.15, 0.2) is 83.8 Å². The number of nitrogens with zero attached hydrogens (tertiary/aromatic N) is 2. The summed E-state index contributed by atoms with van der Waals surface area (Å²) in [4.78, 5) is 23.5. The van der Waals surface area contributed by atoms with E-state index >= 15 is 0 Å². The lowest BCUT2D eigenvalue weighted by Gasteiger charge is -2.24. The highest BCUT2D eigenvalue weighted by molar-refractivity contribution is 7.92. The van der Waals surface area contributed by atoms with Crippen molar-refractivity contribution >= 4 is 33.0 Å². The number of hydrogen-bond donors (Lipinski definition) is 1. The Kier molecular flexibility index (Phi) is 6.89. The van der Waals surface area contributed by atoms with Gasteiger partial charge < -0.3 is 5.32 Å². The van der Waals surface area contributed by atoms with Gasteiger partial charge in [0.1, 0.15) is 6.54 Å². The number of hydrogen-bond acceptors (Lipinski definition) is 5. The number of non-ortho nitro benzene ring substituents is 1. The highest BCUT2D eigenvalue weighted by Crippen LogP contribution is 2.28. The summed E-state index contributed by atoms with van der Waals surface area (Å²) in [6.45, 7) is 3.42. The Morgan fingerprint density at radius 2 is 1.66 bits per heavy atom. The van der Waals surface area contributed by atoms with Gasteiger partial charge in [0.05, 0.1) is 15.5 Å². The van der Waals surface area contributed by atoms with Crippen molar-refractivity contribution in [2.45, 2.75) is 24.7 Å². The quantitative estimate of drug-likeness (QED) is 0.397. The maximum Gasteiger partial charge on any atom is 0.271 e. The van der Waals surface area contributed by atoms with Gasteiger partial charge in [0.2, 0.25) is 5.91 Å². The molecule has 3 rings (SSSR count). The predicted octanol–water partition coefficient (Wildman–Crippen LogP) is 4.55. The van der Waals surface area contributed by atoms with E-state index in [9.17, 15) is 23.3 Å². The first kappa shape index (κ1) is 23.0. The Labute approximate surface area is 186 Å². The molecule has 166 valence electrons. The minimum atomic E-state index is -4.16. The average Bonchev–Trinajstić information content (AvgIpc) is 2.78. The van der Waals surface area contributed by atoms with E-state index in [1.165, 1.54) is 30.3 Å². The van der Waals surface area contributed by atoms with Crippen LogP contribution in [0.25, 0.3) is 0 Å². The molecule has 0 radical (unpaired) electrons. The van der Waals surface area contributed by atoms with E-state index in [4.69, 9.17) is 0 Å². The zero-order valence-electron chi connectivity index (χ0n) is 17.6. The van der Waals surface area contributed by atoms with Gasteiger partial charge in [-0.25, -0.2) is 8.42 Å². The number of nitro benzene ring substituents is 1. The Bertz CT molecular complexity index is 1230. The average molecular weight is 454 g/mol. The molecular weight excluding hydrogens is 430 g/mol. The van der Waals surface area contributed by atoms with Crippen LogP contribution in [0.4, 0.5) is 17.1 Å². The smallest absolute Gasteiger partial charge is 0.271 e. The molecule has 8 nitrogen and oxygen atoms in total. The first-order valence-electron chi connectivity index (χ1n) is 9.91. The summed E-state index contributed by atoms with van der Waals surface area (Å²) in [6, 6.07) is 20.1. The van der Waals surface area contributed by atoms with Crippen LogP contribution in [-0.4, -0.2) is 25.8 Å². The van der Waals surface area contributed by atoms with Gasteiger partial charge in [-0.2, -0.15) is 0 Å². The van der Waals surface area contributed by atoms with Crippen molar-refractivity contribution in [1.29, 1.82) is 0 Å². The lowest BCUT2D eigenvalue weighted by atomic mass is 10.0. The molecule has 0 saturated heterocycles. The van der Waals surface area contributed by atoms with Gasteiger partial charge in [0.15, 0.2) is 0 Å². The molecular formula is C23H23N3O5S. The second-order valence-electron chi connectivity index (χ2n) is 7.39. The minimum absolute atomic E-state index is 0.0235. The molecule has 0 heterocycles. The molecule has 0 aliphatic heterocycles. The number of nitrogens with one attached hydrogen (secondary N) is 1. The van der Waals surface area contributed by atoms with Crippen molar-refractivity contribution in [2.24, 2.45) is 0 Å². The van der Waals surface area contributed by atoms with Crippen molar-refractivity contribution < 1.29 is 18.1 Å². The topological polar surface area (TPSA) is 110 Å². The molecule has 32 heavy (non-hydrogen) atoms. The lowest BCUT2D eigenvalue weighted by molar-refractivity contribution is -0.384. The van der Waals surface area contributed by atoms with Crippen molar-refractivity contribution in [3.05, 3.63) is 94.5 Å². The monoisotopic (exact) mass is 453 g/mol. The molecule has 0 aliphatic rings. The first-order chi connectivity index (χ1) is 15.2. The number of amides is 1. The van der Waals surface area contributed by atoms with E-state index in [0.717, 1.165) is 15.9 Å². The van der Waals surface area contributed by atoms with Gasteiger partial charge in [0, 0.05) is 17.8 Å². The minimum Gasteiger partial charge on any atom is -0.324 e. The van der Waals surface area contributed by atoms with Crippen LogP contribution in [0.3, 0.4) is 0 Å². The summed E-state index contributed by atoms with van der Waals surface area (Å²) in [7, 11) is -4.16. The van der Waals surface area contributed by atoms with Gasteiger partial charge in [0.25, 0.3) is 15.7 Å². The molecule has 0 spiro atoms. The Hall–Kier alpha value is -3.72. The standard InChI is InChI=1S/C23H23N3O5S/c1-17(2)21-13-6-7-14-22(21)24-23(27)16-25(18-9-8-10-19(15-18)26(28)29)32(30,31)20-11-4-3-5-12-20/h3-15,17H,16H2,1-2H3,(H,24,27). The van der Waals surface area contributed by atoms with E-state index in [1.807, 2.05) is 26.0 Å². The second kappa shape index (κ2) is 9.61. The molecule has 0 bridgehead atoms. The molecule has 3 aromatic rings. The van der Waals surface area contributed by atoms with Gasteiger partial charge in [-0.15, -0.1) is 0 Å². The summed E-state index contributed by atoms with van der Waals surface area (Å²) in [5.74, 6) is -0.420. The number of benzene rings is 3. The molecule has 1 amide bonds. The van der Waals surface area contributed by atoms with Crippen LogP contribution in [0.2, 0.25) is 0 Å². The normalized spacial score (nSPS) is 11.2. The molecule has 9 heteroatoms. The number of para-hydroxylation sites is 1. The van der Waals surface area contributed by atoms with Crippen LogP contribution in [0, 0.1) is 10.1 Å². The van der Waals surface area contributed by atoms with Gasteiger partial charge >= 0.3 is 0 Å². The summed E-state index contributed by atoms with van der Waals surface area (Å²) in [5, 5.41) is 14.0. The molecule has 0 aromatic heterocycles. The lowest BCUT2D eigenvalue weighted by Crippen LogP contribution is -2.38. The van der Waals surface area contributed by atoms with E-state index < -0.39 is 27.4 Å². The zero-order valence-corrected chi connectivity index (χ0v) is 18.5. The third kappa shape index (κ3) is 5.12. The molecule has 1 N–H and O–H groups in total. The second-order valence-corrected chi connectivity index (χ2v) is 9.25. The number of sulfonamides is 1. The molecule has 0 fully saturated rings. The number of carbonyl (C=O) groups is 1. The van der Waals surface area contributed by atoms with Crippen molar-refractivity contribution in [2.75, 3.05) is 16.2 Å². The Morgan fingerprint density at radius 1 is 1.00 bits per heavy atom. The zero-order chi connectivity index (χ0) is 23.3. The maximum absolute atomic E-state index is 13.4. The van der Waals surface area contributed by atoms with Crippen LogP contribution in [-0.2, 0) is 14.8 Å². The maximum atomic E-state index is 13.4. The first-order valence-corrected chi connectivity index (χ1v) is 11.3. The van der Waals surface area contributed by atoms with Crippen molar-refractivity contribution in [1.82, 2.24) is 0 Å². The van der Waals surface area contributed by atoms with Crippen LogP contribution < -0.4 is 9.62 Å². The number of carbonyl (C=O) groups excluding carboxylic acids is 1. The molecule has 0 unspecified atom stereocenters. The number of nitro groups is 1. The molecule has 0 aliphatic carbocycles. The van der Waals surface area contributed by atoms with Crippen molar-refractivity contribution in [3.8, 4) is 0 Å². The molecule has 3 aromatic carbocycles. The highest BCUT2D eigenvalue weighted by Gasteiger charge is 2.28. The summed E-state index contributed by atoms with van der Waals surface area (Å²) in [5.41, 5.74) is 1.24. The largest absolute Gasteiger partial charge is 0.324 e. The van der Waals surface area contributed by atoms with Gasteiger partial charge in [-0.3, -0.25) is 19.2 Å². The van der Waals surface area contributed by atoms with E-state index in [-0.39, 0.29) is 22.2 Å². The van der Waals surface area contributed by atoms with Crippen molar-refractivity contribution in [3.63, 3.8) is 0 Å². The Balaban J connectivity index is 1.99. The van der Waals surface area contributed by atoms with Gasteiger partial charge in [-0.05, 0) is 35.7 Å². The van der Waals surface area contributed by atoms with E-state index in [0.29, 0.717) is 5.69 Å². The summed E-state index contributed by atoms with van der Waals surface area (Å²) < 4.78 is 27.6. The van der Waals surface area contributed by atoms with E-state index in [2.05, 4.69) is 5.32 Å². The highest BCUT2D eigenvalue weighted by atomic mass is 32.2. The number of rotatable bonds is 8. The molecule has 0 atom stereocenters. The third-order valence-electron chi connectivity index (χ3n) is 4.80.